The summed E-state index contributed by atoms with van der Waals surface area (Å²) in [6.07, 6.45) is 13.2. The molecule has 0 rings (SSSR count). The summed E-state index contributed by atoms with van der Waals surface area (Å²) in [7, 11) is 0. The van der Waals surface area contributed by atoms with Crippen LogP contribution in [0.4, 0.5) is 0 Å². The normalized spacial score (nSPS) is 14.6. The predicted octanol–water partition coefficient (Wildman–Crippen LogP) is 5.64. The highest BCUT2D eigenvalue weighted by Crippen LogP contribution is 2.17. The molecule has 7 heteroatoms. The van der Waals surface area contributed by atoms with E-state index in [1.165, 1.54) is 57.8 Å². The summed E-state index contributed by atoms with van der Waals surface area (Å²) in [4.78, 5) is 14.9. The molecule has 0 spiro atoms. The molecule has 0 aliphatic rings. The van der Waals surface area contributed by atoms with Crippen molar-refractivity contribution in [2.24, 2.45) is 10.5 Å². The first-order valence-electron chi connectivity index (χ1n) is 11.9. The Balaban J connectivity index is 4.03. The molecule has 0 aromatic carbocycles. The van der Waals surface area contributed by atoms with Gasteiger partial charge in [0.15, 0.2) is 0 Å². The van der Waals surface area contributed by atoms with Crippen molar-refractivity contribution >= 4 is 5.91 Å². The molecule has 0 aliphatic carbocycles. The number of hydrogen-bond acceptors (Lipinski definition) is 4. The Bertz CT molecular complexity index is 487. The molecular weight excluding hydrogens is 380 g/mol. The largest absolute Gasteiger partial charge is 0.390 e. The van der Waals surface area contributed by atoms with E-state index >= 15 is 0 Å². The van der Waals surface area contributed by atoms with E-state index < -0.39 is 23.7 Å². The summed E-state index contributed by atoms with van der Waals surface area (Å²) < 4.78 is 0. The molecule has 176 valence electrons. The van der Waals surface area contributed by atoms with Crippen molar-refractivity contribution in [3.8, 4) is 0 Å². The number of carbonyl (C=O) groups is 1. The fourth-order valence-corrected chi connectivity index (χ4v) is 3.38. The Morgan fingerprint density at radius 1 is 0.933 bits per heavy atom. The highest BCUT2D eigenvalue weighted by Gasteiger charge is 2.30. The van der Waals surface area contributed by atoms with E-state index in [1.54, 1.807) is 20.8 Å². The van der Waals surface area contributed by atoms with Crippen molar-refractivity contribution in [2.45, 2.75) is 129 Å². The van der Waals surface area contributed by atoms with Crippen LogP contribution in [-0.2, 0) is 4.79 Å². The van der Waals surface area contributed by atoms with Crippen LogP contribution in [0.15, 0.2) is 5.11 Å². The fourth-order valence-electron chi connectivity index (χ4n) is 3.38. The average molecular weight is 427 g/mol. The van der Waals surface area contributed by atoms with E-state index in [1.807, 2.05) is 0 Å². The number of nitrogens with zero attached hydrogens (tertiary/aromatic N) is 3. The van der Waals surface area contributed by atoms with Gasteiger partial charge >= 0.3 is 0 Å². The molecule has 0 aliphatic heterocycles. The van der Waals surface area contributed by atoms with Crippen molar-refractivity contribution in [2.75, 3.05) is 6.54 Å². The Labute approximate surface area is 183 Å². The summed E-state index contributed by atoms with van der Waals surface area (Å²) in [6, 6.07) is -0.792. The molecule has 0 fully saturated rings. The van der Waals surface area contributed by atoms with Gasteiger partial charge in [0, 0.05) is 16.9 Å². The predicted molar refractivity (Wildman–Crippen MR) is 123 cm³/mol. The molecule has 0 saturated carbocycles. The van der Waals surface area contributed by atoms with Gasteiger partial charge < -0.3 is 15.5 Å². The highest BCUT2D eigenvalue weighted by atomic mass is 16.3. The van der Waals surface area contributed by atoms with Gasteiger partial charge in [-0.25, -0.2) is 0 Å². The van der Waals surface area contributed by atoms with Crippen molar-refractivity contribution in [3.05, 3.63) is 10.4 Å². The zero-order chi connectivity index (χ0) is 22.8. The van der Waals surface area contributed by atoms with Crippen LogP contribution in [0.25, 0.3) is 10.4 Å². The van der Waals surface area contributed by atoms with Crippen molar-refractivity contribution < 1.29 is 15.0 Å². The monoisotopic (exact) mass is 426 g/mol. The van der Waals surface area contributed by atoms with Gasteiger partial charge in [0.05, 0.1) is 12.1 Å². The van der Waals surface area contributed by atoms with Crippen LogP contribution < -0.4 is 5.32 Å². The Morgan fingerprint density at radius 2 is 1.40 bits per heavy atom. The second-order valence-electron chi connectivity index (χ2n) is 9.48. The second-order valence-corrected chi connectivity index (χ2v) is 9.48. The van der Waals surface area contributed by atoms with Crippen LogP contribution in [-0.4, -0.2) is 40.9 Å². The quantitative estimate of drug-likeness (QED) is 0.114. The van der Waals surface area contributed by atoms with Crippen LogP contribution in [0.2, 0.25) is 0 Å². The third-order valence-electron chi connectivity index (χ3n) is 5.50. The number of amides is 1. The summed E-state index contributed by atoms with van der Waals surface area (Å²) in [6.45, 7) is 7.45. The van der Waals surface area contributed by atoms with E-state index in [9.17, 15) is 15.0 Å². The maximum atomic E-state index is 12.2. The zero-order valence-electron chi connectivity index (χ0n) is 19.8. The average Bonchev–Trinajstić information content (AvgIpc) is 2.70. The van der Waals surface area contributed by atoms with E-state index in [0.29, 0.717) is 6.42 Å². The van der Waals surface area contributed by atoms with Gasteiger partial charge in [0.25, 0.3) is 0 Å². The third-order valence-corrected chi connectivity index (χ3v) is 5.50. The number of aliphatic hydroxyl groups excluding tert-OH is 2. The first kappa shape index (κ1) is 28.7. The minimum absolute atomic E-state index is 0.0883. The van der Waals surface area contributed by atoms with E-state index in [2.05, 4.69) is 22.3 Å². The number of azide groups is 1. The van der Waals surface area contributed by atoms with E-state index in [0.717, 1.165) is 19.3 Å². The molecule has 0 unspecified atom stereocenters. The Hall–Kier alpha value is -1.30. The van der Waals surface area contributed by atoms with Gasteiger partial charge in [-0.1, -0.05) is 110 Å². The third kappa shape index (κ3) is 14.6. The molecule has 0 radical (unpaired) electrons. The molecule has 3 N–H and O–H groups in total. The number of unbranched alkanes of at least 4 members (excludes halogenated alkanes) is 11. The van der Waals surface area contributed by atoms with Crippen molar-refractivity contribution in [3.63, 3.8) is 0 Å². The topological polar surface area (TPSA) is 118 Å². The summed E-state index contributed by atoms with van der Waals surface area (Å²) in [5, 5.41) is 27.0. The Kier molecular flexibility index (Phi) is 16.6. The van der Waals surface area contributed by atoms with E-state index in [-0.39, 0.29) is 12.5 Å². The van der Waals surface area contributed by atoms with Gasteiger partial charge in [-0.3, -0.25) is 4.79 Å². The lowest BCUT2D eigenvalue weighted by Gasteiger charge is -2.29. The number of rotatable bonds is 18. The molecule has 3 atom stereocenters. The lowest BCUT2D eigenvalue weighted by molar-refractivity contribution is -0.130. The maximum Gasteiger partial charge on any atom is 0.225 e. The smallest absolute Gasteiger partial charge is 0.225 e. The fraction of sp³-hybridized carbons (Fsp3) is 0.957. The molecule has 0 bridgehead atoms. The summed E-state index contributed by atoms with van der Waals surface area (Å²) in [5.41, 5.74) is 7.93. The van der Waals surface area contributed by atoms with E-state index in [4.69, 9.17) is 5.53 Å². The minimum atomic E-state index is -1.16. The minimum Gasteiger partial charge on any atom is -0.390 e. The SMILES string of the molecule is CCCCCCCCCCCCCC[C@@H](O)[C@H](O)[C@H](CN=[N+]=[N-])NC(=O)C(C)(C)C. The first-order valence-corrected chi connectivity index (χ1v) is 11.9. The zero-order valence-corrected chi connectivity index (χ0v) is 19.8. The summed E-state index contributed by atoms with van der Waals surface area (Å²) >= 11 is 0. The van der Waals surface area contributed by atoms with Crippen LogP contribution in [0.3, 0.4) is 0 Å². The molecule has 0 heterocycles. The highest BCUT2D eigenvalue weighted by molar-refractivity contribution is 5.81. The standard InChI is InChI=1S/C23H46N4O3/c1-5-6-7-8-9-10-11-12-13-14-15-16-17-20(28)21(29)19(18-25-27-24)26-22(30)23(2,3)4/h19-21,28-29H,5-18H2,1-4H3,(H,26,30)/t19-,20+,21+/m0/s1. The van der Waals surface area contributed by atoms with Gasteiger partial charge in [-0.15, -0.1) is 0 Å². The van der Waals surface area contributed by atoms with Gasteiger partial charge in [-0.2, -0.15) is 0 Å². The van der Waals surface area contributed by atoms with Crippen LogP contribution in [0, 0.1) is 5.41 Å². The second kappa shape index (κ2) is 17.4. The van der Waals surface area contributed by atoms with Gasteiger partial charge in [0.1, 0.15) is 6.10 Å². The molecule has 0 aromatic heterocycles. The summed E-state index contributed by atoms with van der Waals surface area (Å²) in [5.74, 6) is -0.253. The lowest BCUT2D eigenvalue weighted by atomic mass is 9.93. The number of nitrogens with one attached hydrogen (secondary N) is 1. The first-order chi connectivity index (χ1) is 14.2. The number of carbonyl (C=O) groups excluding carboxylic acids is 1. The lowest BCUT2D eigenvalue weighted by Crippen LogP contribution is -2.52. The van der Waals surface area contributed by atoms with Crippen molar-refractivity contribution in [1.82, 2.24) is 5.32 Å². The molecule has 7 nitrogen and oxygen atoms in total. The molecular formula is C23H46N4O3. The molecule has 0 aromatic rings. The molecule has 1 amide bonds. The van der Waals surface area contributed by atoms with Gasteiger partial charge in [-0.05, 0) is 12.0 Å². The van der Waals surface area contributed by atoms with Crippen LogP contribution >= 0.6 is 0 Å². The molecule has 0 saturated heterocycles. The van der Waals surface area contributed by atoms with Gasteiger partial charge in [0.2, 0.25) is 5.91 Å². The van der Waals surface area contributed by atoms with Crippen LogP contribution in [0.1, 0.15) is 111 Å². The number of hydrogen-bond donors (Lipinski definition) is 3. The van der Waals surface area contributed by atoms with Crippen LogP contribution in [0.5, 0.6) is 0 Å². The Morgan fingerprint density at radius 3 is 1.83 bits per heavy atom. The number of aliphatic hydroxyl groups is 2. The molecule has 30 heavy (non-hydrogen) atoms. The van der Waals surface area contributed by atoms with Crippen molar-refractivity contribution in [1.29, 1.82) is 0 Å². The maximum absolute atomic E-state index is 12.2.